The molecule has 126 valence electrons. The maximum atomic E-state index is 12.0. The second-order valence-electron chi connectivity index (χ2n) is 6.60. The summed E-state index contributed by atoms with van der Waals surface area (Å²) >= 11 is 0. The van der Waals surface area contributed by atoms with Crippen molar-refractivity contribution in [2.75, 3.05) is 11.9 Å². The maximum Gasteiger partial charge on any atom is 0.222 e. The van der Waals surface area contributed by atoms with Crippen molar-refractivity contribution >= 4 is 11.6 Å². The molecule has 1 amide bonds. The minimum absolute atomic E-state index is 0.137. The second kappa shape index (κ2) is 7.47. The van der Waals surface area contributed by atoms with Crippen LogP contribution in [0.15, 0.2) is 42.6 Å². The van der Waals surface area contributed by atoms with Gasteiger partial charge in [-0.25, -0.2) is 0 Å². The van der Waals surface area contributed by atoms with Crippen molar-refractivity contribution in [2.45, 2.75) is 45.7 Å². The van der Waals surface area contributed by atoms with Crippen LogP contribution in [0.3, 0.4) is 0 Å². The average Bonchev–Trinajstić information content (AvgIpc) is 2.58. The van der Waals surface area contributed by atoms with Crippen molar-refractivity contribution in [3.63, 3.8) is 0 Å². The molecule has 0 spiro atoms. The molecule has 0 saturated carbocycles. The molecule has 3 rings (SSSR count). The van der Waals surface area contributed by atoms with Gasteiger partial charge in [0.2, 0.25) is 5.91 Å². The van der Waals surface area contributed by atoms with Crippen molar-refractivity contribution in [2.24, 2.45) is 0 Å². The first kappa shape index (κ1) is 16.5. The van der Waals surface area contributed by atoms with Gasteiger partial charge >= 0.3 is 0 Å². The smallest absolute Gasteiger partial charge is 0.222 e. The van der Waals surface area contributed by atoms with E-state index in [0.29, 0.717) is 13.0 Å². The molecule has 0 bridgehead atoms. The Labute approximate surface area is 143 Å². The molecule has 24 heavy (non-hydrogen) atoms. The van der Waals surface area contributed by atoms with E-state index in [1.165, 1.54) is 11.1 Å². The van der Waals surface area contributed by atoms with Gasteiger partial charge in [0.15, 0.2) is 0 Å². The van der Waals surface area contributed by atoms with Crippen LogP contribution in [0.4, 0.5) is 5.69 Å². The van der Waals surface area contributed by atoms with Crippen LogP contribution in [0.5, 0.6) is 0 Å². The van der Waals surface area contributed by atoms with E-state index >= 15 is 0 Å². The number of piperidine rings is 1. The second-order valence-corrected chi connectivity index (χ2v) is 6.60. The molecule has 1 saturated heterocycles. The van der Waals surface area contributed by atoms with E-state index in [9.17, 15) is 4.79 Å². The molecule has 1 aliphatic heterocycles. The summed E-state index contributed by atoms with van der Waals surface area (Å²) in [6.45, 7) is 5.73. The van der Waals surface area contributed by atoms with Crippen LogP contribution in [-0.4, -0.2) is 22.3 Å². The molecule has 1 atom stereocenters. The van der Waals surface area contributed by atoms with Gasteiger partial charge < -0.3 is 10.2 Å². The third-order valence-electron chi connectivity index (χ3n) is 4.48. The molecule has 1 unspecified atom stereocenters. The van der Waals surface area contributed by atoms with Gasteiger partial charge in [0, 0.05) is 31.4 Å². The quantitative estimate of drug-likeness (QED) is 0.902. The van der Waals surface area contributed by atoms with Crippen LogP contribution in [0.25, 0.3) is 0 Å². The van der Waals surface area contributed by atoms with Crippen molar-refractivity contribution < 1.29 is 4.79 Å². The lowest BCUT2D eigenvalue weighted by atomic mass is 10.1. The predicted octanol–water partition coefficient (Wildman–Crippen LogP) is 4.08. The Morgan fingerprint density at radius 2 is 2.12 bits per heavy atom. The van der Waals surface area contributed by atoms with Gasteiger partial charge in [0.05, 0.1) is 11.7 Å². The van der Waals surface area contributed by atoms with E-state index in [1.807, 2.05) is 24.1 Å². The van der Waals surface area contributed by atoms with Crippen LogP contribution in [0, 0.1) is 6.92 Å². The first-order valence-electron chi connectivity index (χ1n) is 8.67. The van der Waals surface area contributed by atoms with Crippen molar-refractivity contribution in [1.29, 1.82) is 0 Å². The number of aromatic nitrogens is 1. The van der Waals surface area contributed by atoms with Crippen molar-refractivity contribution in [1.82, 2.24) is 9.88 Å². The largest absolute Gasteiger partial charge is 0.377 e. The van der Waals surface area contributed by atoms with Crippen LogP contribution in [0.1, 0.15) is 49.0 Å². The Balaban J connectivity index is 1.66. The maximum absolute atomic E-state index is 12.0. The lowest BCUT2D eigenvalue weighted by molar-refractivity contribution is -0.133. The van der Waals surface area contributed by atoms with Gasteiger partial charge in [-0.05, 0) is 56.0 Å². The van der Waals surface area contributed by atoms with Crippen LogP contribution in [0.2, 0.25) is 0 Å². The fraction of sp³-hybridized carbons (Fsp3) is 0.400. The summed E-state index contributed by atoms with van der Waals surface area (Å²) in [5.41, 5.74) is 4.42. The molecule has 1 fully saturated rings. The van der Waals surface area contributed by atoms with E-state index in [-0.39, 0.29) is 11.9 Å². The van der Waals surface area contributed by atoms with Crippen LogP contribution in [-0.2, 0) is 11.3 Å². The highest BCUT2D eigenvalue weighted by Gasteiger charge is 2.18. The molecular formula is C20H25N3O. The van der Waals surface area contributed by atoms with E-state index in [4.69, 9.17) is 0 Å². The molecular weight excluding hydrogens is 298 g/mol. The zero-order chi connectivity index (χ0) is 16.9. The Bertz CT molecular complexity index is 696. The summed E-state index contributed by atoms with van der Waals surface area (Å²) in [6, 6.07) is 12.6. The minimum Gasteiger partial charge on any atom is -0.377 e. The summed E-state index contributed by atoms with van der Waals surface area (Å²) in [6.07, 6.45) is 4.72. The van der Waals surface area contributed by atoms with Crippen molar-refractivity contribution in [3.05, 3.63) is 59.4 Å². The molecule has 0 radical (unpaired) electrons. The highest BCUT2D eigenvalue weighted by Crippen LogP contribution is 2.21. The van der Waals surface area contributed by atoms with Crippen LogP contribution < -0.4 is 5.32 Å². The van der Waals surface area contributed by atoms with Gasteiger partial charge in [-0.2, -0.15) is 0 Å². The number of amides is 1. The number of hydrogen-bond acceptors (Lipinski definition) is 3. The zero-order valence-electron chi connectivity index (χ0n) is 14.5. The third-order valence-corrected chi connectivity index (χ3v) is 4.48. The number of carbonyl (C=O) groups excluding carboxylic acids is 1. The number of nitrogens with zero attached hydrogens (tertiary/aromatic N) is 2. The van der Waals surface area contributed by atoms with Gasteiger partial charge in [0.25, 0.3) is 0 Å². The monoisotopic (exact) mass is 323 g/mol. The number of hydrogen-bond donors (Lipinski definition) is 1. The summed E-state index contributed by atoms with van der Waals surface area (Å²) in [7, 11) is 0. The third kappa shape index (κ3) is 4.13. The van der Waals surface area contributed by atoms with Gasteiger partial charge in [-0.1, -0.05) is 18.2 Å². The number of rotatable bonds is 5. The zero-order valence-corrected chi connectivity index (χ0v) is 14.5. The molecule has 1 aromatic heterocycles. The number of benzene rings is 1. The van der Waals surface area contributed by atoms with Gasteiger partial charge in [0.1, 0.15) is 0 Å². The van der Waals surface area contributed by atoms with E-state index in [1.54, 1.807) is 0 Å². The molecule has 1 aromatic carbocycles. The molecule has 1 aliphatic rings. The van der Waals surface area contributed by atoms with E-state index in [0.717, 1.165) is 30.8 Å². The summed E-state index contributed by atoms with van der Waals surface area (Å²) in [5.74, 6) is 0.275. The number of pyridine rings is 1. The first-order chi connectivity index (χ1) is 11.6. The number of nitrogens with one attached hydrogen (secondary N) is 1. The topological polar surface area (TPSA) is 45.2 Å². The number of carbonyl (C=O) groups is 1. The lowest BCUT2D eigenvalue weighted by Gasteiger charge is -2.27. The summed E-state index contributed by atoms with van der Waals surface area (Å²) in [4.78, 5) is 18.4. The Morgan fingerprint density at radius 3 is 2.88 bits per heavy atom. The molecule has 4 heteroatoms. The SMILES string of the molecule is Cc1ccc(C(C)Nc2cccc(CN3CCCCC3=O)c2)nc1. The number of likely N-dealkylation sites (tertiary alicyclic amines) is 1. The highest BCUT2D eigenvalue weighted by molar-refractivity contribution is 5.76. The number of anilines is 1. The molecule has 2 heterocycles. The molecule has 4 nitrogen and oxygen atoms in total. The number of aryl methyl sites for hydroxylation is 1. The molecule has 0 aliphatic carbocycles. The average molecular weight is 323 g/mol. The van der Waals surface area contributed by atoms with Crippen molar-refractivity contribution in [3.8, 4) is 0 Å². The minimum atomic E-state index is 0.137. The predicted molar refractivity (Wildman–Crippen MR) is 96.7 cm³/mol. The summed E-state index contributed by atoms with van der Waals surface area (Å²) < 4.78 is 0. The first-order valence-corrected chi connectivity index (χ1v) is 8.67. The summed E-state index contributed by atoms with van der Waals surface area (Å²) in [5, 5.41) is 3.50. The van der Waals surface area contributed by atoms with E-state index in [2.05, 4.69) is 47.6 Å². The standard InChI is InChI=1S/C20H25N3O/c1-15-9-10-19(21-13-15)16(2)22-18-7-5-6-17(12-18)14-23-11-4-3-8-20(23)24/h5-7,9-10,12-13,16,22H,3-4,8,11,14H2,1-2H3. The normalized spacial score (nSPS) is 16.1. The Kier molecular flexibility index (Phi) is 5.14. The van der Waals surface area contributed by atoms with E-state index < -0.39 is 0 Å². The molecule has 1 N–H and O–H groups in total. The lowest BCUT2D eigenvalue weighted by Crippen LogP contribution is -2.34. The van der Waals surface area contributed by atoms with Crippen LogP contribution >= 0.6 is 0 Å². The fourth-order valence-corrected chi connectivity index (χ4v) is 3.07. The fourth-order valence-electron chi connectivity index (χ4n) is 3.07. The molecule has 2 aromatic rings. The Morgan fingerprint density at radius 1 is 1.25 bits per heavy atom. The van der Waals surface area contributed by atoms with Gasteiger partial charge in [-0.15, -0.1) is 0 Å². The Hall–Kier alpha value is -2.36. The van der Waals surface area contributed by atoms with Gasteiger partial charge in [-0.3, -0.25) is 9.78 Å². The highest BCUT2D eigenvalue weighted by atomic mass is 16.2.